The van der Waals surface area contributed by atoms with Gasteiger partial charge in [0.25, 0.3) is 5.91 Å². The van der Waals surface area contributed by atoms with Crippen LogP contribution in [0.3, 0.4) is 0 Å². The van der Waals surface area contributed by atoms with E-state index in [9.17, 15) is 14.0 Å². The highest BCUT2D eigenvalue weighted by Gasteiger charge is 2.23. The van der Waals surface area contributed by atoms with Crippen molar-refractivity contribution in [2.45, 2.75) is 39.6 Å². The van der Waals surface area contributed by atoms with E-state index >= 15 is 0 Å². The number of pyridine rings is 1. The minimum absolute atomic E-state index is 0. The topological polar surface area (TPSA) is 71.5 Å². The summed E-state index contributed by atoms with van der Waals surface area (Å²) in [4.78, 5) is 32.9. The second kappa shape index (κ2) is 11.2. The van der Waals surface area contributed by atoms with Crippen molar-refractivity contribution in [3.8, 4) is 0 Å². The Labute approximate surface area is 225 Å². The molecule has 5 rings (SSSR count). The van der Waals surface area contributed by atoms with Crippen molar-refractivity contribution < 1.29 is 18.7 Å². The first-order chi connectivity index (χ1) is 17.4. The molecule has 2 aromatic carbocycles. The van der Waals surface area contributed by atoms with E-state index in [1.165, 1.54) is 18.3 Å². The Morgan fingerprint density at radius 1 is 1.19 bits per heavy atom. The number of carbonyl (C=O) groups excluding carboxylic acids is 2. The molecule has 1 fully saturated rings. The van der Waals surface area contributed by atoms with Crippen LogP contribution in [-0.4, -0.2) is 47.9 Å². The largest absolute Gasteiger partial charge is 0.380 e. The summed E-state index contributed by atoms with van der Waals surface area (Å²) in [7, 11) is 1.62. The first-order valence-corrected chi connectivity index (χ1v) is 12.8. The number of fused-ring (bicyclic) bond motifs is 2. The van der Waals surface area contributed by atoms with Crippen LogP contribution in [0.1, 0.15) is 50.1 Å². The van der Waals surface area contributed by atoms with E-state index in [1.54, 1.807) is 19.2 Å². The predicted molar refractivity (Wildman–Crippen MR) is 149 cm³/mol. The van der Waals surface area contributed by atoms with Gasteiger partial charge in [0.15, 0.2) is 5.78 Å². The SMILES string of the molecule is COCc1ccc(C(C)=O)c2sc(C(=O)Nc3ccc4c(CN5CC[C@@H](F)C5)cccc4n3)c(C)c12.Cl. The molecule has 1 aliphatic heterocycles. The van der Waals surface area contributed by atoms with Gasteiger partial charge in [-0.3, -0.25) is 14.5 Å². The molecule has 1 aliphatic rings. The third-order valence-electron chi connectivity index (χ3n) is 6.72. The Bertz CT molecular complexity index is 1490. The first kappa shape index (κ1) is 27.1. The van der Waals surface area contributed by atoms with Gasteiger partial charge in [-0.25, -0.2) is 9.37 Å². The molecule has 0 aliphatic carbocycles. The van der Waals surface area contributed by atoms with E-state index in [0.29, 0.717) is 42.4 Å². The Morgan fingerprint density at radius 3 is 2.70 bits per heavy atom. The number of likely N-dealkylation sites (tertiary alicyclic amines) is 1. The zero-order chi connectivity index (χ0) is 25.4. The monoisotopic (exact) mass is 541 g/mol. The first-order valence-electron chi connectivity index (χ1n) is 12.0. The molecule has 0 unspecified atom stereocenters. The van der Waals surface area contributed by atoms with Crippen LogP contribution in [0.25, 0.3) is 21.0 Å². The molecule has 37 heavy (non-hydrogen) atoms. The number of nitrogens with zero attached hydrogens (tertiary/aromatic N) is 2. The second-order valence-electron chi connectivity index (χ2n) is 9.28. The van der Waals surface area contributed by atoms with Crippen molar-refractivity contribution in [1.82, 2.24) is 9.88 Å². The molecule has 0 radical (unpaired) electrons. The molecule has 1 atom stereocenters. The average molecular weight is 542 g/mol. The number of hydrogen-bond donors (Lipinski definition) is 1. The number of thiophene rings is 1. The van der Waals surface area contributed by atoms with Gasteiger partial charge in [0.2, 0.25) is 0 Å². The molecule has 0 spiro atoms. The van der Waals surface area contributed by atoms with Crippen LogP contribution in [0.5, 0.6) is 0 Å². The summed E-state index contributed by atoms with van der Waals surface area (Å²) >= 11 is 1.32. The van der Waals surface area contributed by atoms with Crippen molar-refractivity contribution in [2.24, 2.45) is 0 Å². The van der Waals surface area contributed by atoms with Crippen LogP contribution < -0.4 is 5.32 Å². The maximum Gasteiger partial charge on any atom is 0.267 e. The quantitative estimate of drug-likeness (QED) is 0.277. The van der Waals surface area contributed by atoms with Gasteiger partial charge in [-0.2, -0.15) is 0 Å². The van der Waals surface area contributed by atoms with E-state index in [4.69, 9.17) is 4.74 Å². The number of ketones is 1. The van der Waals surface area contributed by atoms with Gasteiger partial charge >= 0.3 is 0 Å². The highest BCUT2D eigenvalue weighted by molar-refractivity contribution is 7.21. The molecule has 2 aromatic heterocycles. The van der Waals surface area contributed by atoms with Crippen LogP contribution in [-0.2, 0) is 17.9 Å². The van der Waals surface area contributed by atoms with E-state index < -0.39 is 6.17 Å². The molecule has 6 nitrogen and oxygen atoms in total. The lowest BCUT2D eigenvalue weighted by atomic mass is 10.0. The molecule has 1 N–H and O–H groups in total. The van der Waals surface area contributed by atoms with Crippen molar-refractivity contribution in [3.63, 3.8) is 0 Å². The smallest absolute Gasteiger partial charge is 0.267 e. The fraction of sp³-hybridized carbons (Fsp3) is 0.321. The number of halogens is 2. The number of amides is 1. The third kappa shape index (κ3) is 5.38. The number of methoxy groups -OCH3 is 1. The second-order valence-corrected chi connectivity index (χ2v) is 10.3. The summed E-state index contributed by atoms with van der Waals surface area (Å²) in [5.41, 5.74) is 4.23. The van der Waals surface area contributed by atoms with Crippen LogP contribution in [0.2, 0.25) is 0 Å². The number of carbonyl (C=O) groups is 2. The minimum atomic E-state index is -0.755. The Balaban J connectivity index is 0.00000320. The number of anilines is 1. The summed E-state index contributed by atoms with van der Waals surface area (Å²) in [5.74, 6) is 0.149. The number of aryl methyl sites for hydroxylation is 1. The van der Waals surface area contributed by atoms with Crippen molar-refractivity contribution in [2.75, 3.05) is 25.5 Å². The van der Waals surface area contributed by atoms with E-state index in [-0.39, 0.29) is 24.1 Å². The van der Waals surface area contributed by atoms with Crippen LogP contribution in [0.4, 0.5) is 10.2 Å². The molecular weight excluding hydrogens is 513 g/mol. The van der Waals surface area contributed by atoms with Gasteiger partial charge in [0.1, 0.15) is 12.0 Å². The van der Waals surface area contributed by atoms with Crippen LogP contribution in [0, 0.1) is 6.92 Å². The molecule has 4 aromatic rings. The molecule has 1 amide bonds. The van der Waals surface area contributed by atoms with E-state index in [0.717, 1.165) is 44.2 Å². The zero-order valence-corrected chi connectivity index (χ0v) is 22.6. The maximum atomic E-state index is 13.6. The molecule has 3 heterocycles. The molecule has 1 saturated heterocycles. The fourth-order valence-corrected chi connectivity index (χ4v) is 6.28. The van der Waals surface area contributed by atoms with Gasteiger partial charge < -0.3 is 10.1 Å². The summed E-state index contributed by atoms with van der Waals surface area (Å²) in [6.07, 6.45) is -0.175. The summed E-state index contributed by atoms with van der Waals surface area (Å²) in [6.45, 7) is 5.72. The predicted octanol–water partition coefficient (Wildman–Crippen LogP) is 6.32. The van der Waals surface area contributed by atoms with Crippen LogP contribution in [0.15, 0.2) is 42.5 Å². The molecule has 9 heteroatoms. The van der Waals surface area contributed by atoms with Gasteiger partial charge in [-0.1, -0.05) is 18.2 Å². The van der Waals surface area contributed by atoms with Crippen molar-refractivity contribution >= 4 is 62.2 Å². The summed E-state index contributed by atoms with van der Waals surface area (Å²) in [5, 5.41) is 4.82. The number of aromatic nitrogens is 1. The maximum absolute atomic E-state index is 13.6. The molecule has 0 bridgehead atoms. The van der Waals surface area contributed by atoms with E-state index in [2.05, 4.69) is 15.2 Å². The number of nitrogens with one attached hydrogen (secondary N) is 1. The lowest BCUT2D eigenvalue weighted by Gasteiger charge is -2.16. The number of Topliss-reactive ketones (excluding diaryl/α,β-unsaturated/α-hetero) is 1. The number of ether oxygens (including phenoxy) is 1. The third-order valence-corrected chi connectivity index (χ3v) is 8.05. The Morgan fingerprint density at radius 2 is 2.00 bits per heavy atom. The average Bonchev–Trinajstić information content (AvgIpc) is 3.42. The normalized spacial score (nSPS) is 15.7. The summed E-state index contributed by atoms with van der Waals surface area (Å²) in [6, 6.07) is 13.3. The van der Waals surface area contributed by atoms with E-state index in [1.807, 2.05) is 37.3 Å². The lowest BCUT2D eigenvalue weighted by Crippen LogP contribution is -2.20. The van der Waals surface area contributed by atoms with Crippen molar-refractivity contribution in [3.05, 3.63) is 69.6 Å². The fourth-order valence-electron chi connectivity index (χ4n) is 4.97. The number of hydrogen-bond acceptors (Lipinski definition) is 6. The van der Waals surface area contributed by atoms with Crippen molar-refractivity contribution in [1.29, 1.82) is 0 Å². The summed E-state index contributed by atoms with van der Waals surface area (Å²) < 4.78 is 19.7. The van der Waals surface area contributed by atoms with Crippen LogP contribution >= 0.6 is 23.7 Å². The van der Waals surface area contributed by atoms with Gasteiger partial charge in [0.05, 0.1) is 17.0 Å². The van der Waals surface area contributed by atoms with Gasteiger partial charge in [-0.05, 0) is 61.2 Å². The highest BCUT2D eigenvalue weighted by atomic mass is 35.5. The number of benzene rings is 2. The molecule has 0 saturated carbocycles. The van der Waals surface area contributed by atoms with Gasteiger partial charge in [0, 0.05) is 47.8 Å². The minimum Gasteiger partial charge on any atom is -0.380 e. The molecular formula is C28H29ClFN3O3S. The van der Waals surface area contributed by atoms with Gasteiger partial charge in [-0.15, -0.1) is 23.7 Å². The number of rotatable bonds is 7. The zero-order valence-electron chi connectivity index (χ0n) is 21.0. The highest BCUT2D eigenvalue weighted by Crippen LogP contribution is 2.37. The Kier molecular flexibility index (Phi) is 8.23. The number of alkyl halides is 1. The standard InChI is InChI=1S/C28H28FN3O3S.ClH/c1-16-25-19(15-35-3)7-8-21(17(2)33)27(25)36-26(16)28(34)31-24-10-9-22-18(5-4-6-23(22)30-24)13-32-12-11-20(29)14-32;/h4-10,20H,11-15H2,1-3H3,(H,30,31,34);1H/t20-;/m1./s1. The molecule has 194 valence electrons. The lowest BCUT2D eigenvalue weighted by molar-refractivity contribution is 0.101. The Hall–Kier alpha value is -2.91.